The third-order valence-corrected chi connectivity index (χ3v) is 2.89. The van der Waals surface area contributed by atoms with E-state index < -0.39 is 5.97 Å². The van der Waals surface area contributed by atoms with Crippen LogP contribution in [0.2, 0.25) is 10.0 Å². The van der Waals surface area contributed by atoms with Crippen LogP contribution in [0.5, 0.6) is 0 Å². The molecule has 0 fully saturated rings. The van der Waals surface area contributed by atoms with E-state index in [4.69, 9.17) is 32.4 Å². The van der Waals surface area contributed by atoms with Crippen molar-refractivity contribution in [3.05, 3.63) is 45.6 Å². The van der Waals surface area contributed by atoms with Gasteiger partial charge in [0.05, 0.1) is 15.6 Å². The van der Waals surface area contributed by atoms with Gasteiger partial charge in [-0.05, 0) is 12.1 Å². The molecule has 0 unspecified atom stereocenters. The Hall–Kier alpha value is -1.59. The molecule has 0 aliphatic heterocycles. The molecular formula is C11H8Cl2N2O3. The van der Waals surface area contributed by atoms with E-state index in [0.29, 0.717) is 10.9 Å². The van der Waals surface area contributed by atoms with Gasteiger partial charge in [0.15, 0.2) is 6.61 Å². The number of carbonyl (C=O) groups excluding carboxylic acids is 1. The number of hydrogen-bond acceptors (Lipinski definition) is 5. The van der Waals surface area contributed by atoms with Crippen molar-refractivity contribution in [2.75, 3.05) is 0 Å². The summed E-state index contributed by atoms with van der Waals surface area (Å²) < 4.78 is 10.1. The van der Waals surface area contributed by atoms with Crippen LogP contribution < -0.4 is 0 Å². The lowest BCUT2D eigenvalue weighted by atomic mass is 10.2. The summed E-state index contributed by atoms with van der Waals surface area (Å²) in [7, 11) is 0. The fourth-order valence-electron chi connectivity index (χ4n) is 1.26. The van der Waals surface area contributed by atoms with Crippen LogP contribution in [0.4, 0.5) is 0 Å². The summed E-state index contributed by atoms with van der Waals surface area (Å²) >= 11 is 11.7. The second kappa shape index (κ2) is 5.37. The summed E-state index contributed by atoms with van der Waals surface area (Å²) in [5, 5.41) is 7.76. The molecule has 18 heavy (non-hydrogen) atoms. The van der Waals surface area contributed by atoms with Crippen LogP contribution >= 0.6 is 23.2 Å². The van der Waals surface area contributed by atoms with E-state index >= 15 is 0 Å². The molecule has 0 N–H and O–H groups in total. The fraction of sp³-hybridized carbons (Fsp3) is 0.182. The molecule has 0 spiro atoms. The lowest BCUT2D eigenvalue weighted by Gasteiger charge is -2.04. The first-order valence-electron chi connectivity index (χ1n) is 4.98. The molecule has 2 aromatic rings. The molecule has 0 aliphatic carbocycles. The van der Waals surface area contributed by atoms with Gasteiger partial charge in [0.25, 0.3) is 5.89 Å². The van der Waals surface area contributed by atoms with E-state index in [0.717, 1.165) is 0 Å². The molecule has 0 radical (unpaired) electrons. The smallest absolute Gasteiger partial charge is 0.340 e. The number of benzene rings is 1. The standard InChI is InChI=1S/C11H8Cl2N2O3/c1-6-14-15-9(18-6)5-17-11(16)7-3-2-4-8(12)10(7)13/h2-4H,5H2,1H3. The van der Waals surface area contributed by atoms with Crippen molar-refractivity contribution >= 4 is 29.2 Å². The number of aryl methyl sites for hydroxylation is 1. The Balaban J connectivity index is 2.06. The molecule has 0 bridgehead atoms. The lowest BCUT2D eigenvalue weighted by molar-refractivity contribution is 0.0437. The largest absolute Gasteiger partial charge is 0.452 e. The van der Waals surface area contributed by atoms with Gasteiger partial charge < -0.3 is 9.15 Å². The molecule has 0 atom stereocenters. The molecule has 1 aromatic carbocycles. The average Bonchev–Trinajstić information content (AvgIpc) is 2.76. The molecule has 0 saturated heterocycles. The first-order chi connectivity index (χ1) is 8.58. The molecule has 94 valence electrons. The predicted molar refractivity (Wildman–Crippen MR) is 64.6 cm³/mol. The van der Waals surface area contributed by atoms with E-state index in [1.54, 1.807) is 19.1 Å². The van der Waals surface area contributed by atoms with Crippen LogP contribution in [0, 0.1) is 6.92 Å². The highest BCUT2D eigenvalue weighted by Gasteiger charge is 2.15. The van der Waals surface area contributed by atoms with Gasteiger partial charge in [0.1, 0.15) is 0 Å². The summed E-state index contributed by atoms with van der Waals surface area (Å²) in [5.41, 5.74) is 0.195. The molecule has 1 aromatic heterocycles. The maximum Gasteiger partial charge on any atom is 0.340 e. The zero-order chi connectivity index (χ0) is 13.1. The van der Waals surface area contributed by atoms with Crippen LogP contribution in [-0.2, 0) is 11.3 Å². The van der Waals surface area contributed by atoms with Gasteiger partial charge in [-0.2, -0.15) is 0 Å². The Labute approximate surface area is 113 Å². The third-order valence-electron chi connectivity index (χ3n) is 2.07. The molecule has 7 heteroatoms. The Morgan fingerprint density at radius 2 is 2.17 bits per heavy atom. The van der Waals surface area contributed by atoms with Gasteiger partial charge in [-0.3, -0.25) is 0 Å². The van der Waals surface area contributed by atoms with Crippen molar-refractivity contribution in [2.24, 2.45) is 0 Å². The Bertz CT molecular complexity index is 583. The highest BCUT2D eigenvalue weighted by Crippen LogP contribution is 2.26. The summed E-state index contributed by atoms with van der Waals surface area (Å²) in [6.45, 7) is 1.54. The number of hydrogen-bond donors (Lipinski definition) is 0. The first kappa shape index (κ1) is 12.9. The van der Waals surface area contributed by atoms with Crippen LogP contribution in [0.1, 0.15) is 22.1 Å². The highest BCUT2D eigenvalue weighted by molar-refractivity contribution is 6.43. The zero-order valence-corrected chi connectivity index (χ0v) is 10.8. The van der Waals surface area contributed by atoms with Crippen molar-refractivity contribution in [3.63, 3.8) is 0 Å². The maximum absolute atomic E-state index is 11.7. The van der Waals surface area contributed by atoms with Gasteiger partial charge in [-0.25, -0.2) is 4.79 Å². The fourth-order valence-corrected chi connectivity index (χ4v) is 1.64. The van der Waals surface area contributed by atoms with Crippen LogP contribution in [-0.4, -0.2) is 16.2 Å². The second-order valence-electron chi connectivity index (χ2n) is 3.39. The van der Waals surface area contributed by atoms with E-state index in [1.807, 2.05) is 0 Å². The van der Waals surface area contributed by atoms with Crippen molar-refractivity contribution in [1.29, 1.82) is 0 Å². The molecule has 0 amide bonds. The molecule has 0 saturated carbocycles. The average molecular weight is 287 g/mol. The number of nitrogens with zero attached hydrogens (tertiary/aromatic N) is 2. The number of rotatable bonds is 3. The topological polar surface area (TPSA) is 65.2 Å². The Morgan fingerprint density at radius 3 is 2.83 bits per heavy atom. The zero-order valence-electron chi connectivity index (χ0n) is 9.31. The SMILES string of the molecule is Cc1nnc(COC(=O)c2cccc(Cl)c2Cl)o1. The van der Waals surface area contributed by atoms with Gasteiger partial charge >= 0.3 is 5.97 Å². The molecule has 2 rings (SSSR count). The van der Waals surface area contributed by atoms with E-state index in [9.17, 15) is 4.79 Å². The predicted octanol–water partition coefficient (Wildman–Crippen LogP) is 3.04. The minimum Gasteiger partial charge on any atom is -0.452 e. The monoisotopic (exact) mass is 286 g/mol. The summed E-state index contributed by atoms with van der Waals surface area (Å²) in [4.78, 5) is 11.7. The normalized spacial score (nSPS) is 10.4. The van der Waals surface area contributed by atoms with E-state index in [1.165, 1.54) is 6.07 Å². The van der Waals surface area contributed by atoms with Crippen LogP contribution in [0.15, 0.2) is 22.6 Å². The number of ether oxygens (including phenoxy) is 1. The Morgan fingerprint density at radius 1 is 1.39 bits per heavy atom. The molecular weight excluding hydrogens is 279 g/mol. The van der Waals surface area contributed by atoms with Gasteiger partial charge in [0, 0.05) is 6.92 Å². The Kier molecular flexibility index (Phi) is 3.84. The van der Waals surface area contributed by atoms with Gasteiger partial charge in [-0.15, -0.1) is 10.2 Å². The second-order valence-corrected chi connectivity index (χ2v) is 4.18. The van der Waals surface area contributed by atoms with E-state index in [-0.39, 0.29) is 23.1 Å². The van der Waals surface area contributed by atoms with Crippen LogP contribution in [0.3, 0.4) is 0 Å². The summed E-state index contributed by atoms with van der Waals surface area (Å²) in [6, 6.07) is 4.72. The third kappa shape index (κ3) is 2.80. The summed E-state index contributed by atoms with van der Waals surface area (Å²) in [5.74, 6) is 0.0270. The number of aromatic nitrogens is 2. The molecule has 1 heterocycles. The minimum absolute atomic E-state index is 0.109. The highest BCUT2D eigenvalue weighted by atomic mass is 35.5. The van der Waals surface area contributed by atoms with Crippen molar-refractivity contribution in [1.82, 2.24) is 10.2 Å². The number of esters is 1. The molecule has 0 aliphatic rings. The summed E-state index contributed by atoms with van der Waals surface area (Å²) in [6.07, 6.45) is 0. The minimum atomic E-state index is -0.599. The van der Waals surface area contributed by atoms with Gasteiger partial charge in [0.2, 0.25) is 5.89 Å². The van der Waals surface area contributed by atoms with Gasteiger partial charge in [-0.1, -0.05) is 29.3 Å². The molecule has 5 nitrogen and oxygen atoms in total. The van der Waals surface area contributed by atoms with Crippen molar-refractivity contribution in [3.8, 4) is 0 Å². The lowest BCUT2D eigenvalue weighted by Crippen LogP contribution is -2.06. The first-order valence-corrected chi connectivity index (χ1v) is 5.73. The number of carbonyl (C=O) groups is 1. The van der Waals surface area contributed by atoms with Crippen molar-refractivity contribution < 1.29 is 13.9 Å². The van der Waals surface area contributed by atoms with E-state index in [2.05, 4.69) is 10.2 Å². The van der Waals surface area contributed by atoms with Crippen LogP contribution in [0.25, 0.3) is 0 Å². The van der Waals surface area contributed by atoms with Crippen molar-refractivity contribution in [2.45, 2.75) is 13.5 Å². The quantitative estimate of drug-likeness (QED) is 0.812. The maximum atomic E-state index is 11.7. The number of halogens is 2.